The van der Waals surface area contributed by atoms with E-state index in [1.807, 2.05) is 0 Å². The summed E-state index contributed by atoms with van der Waals surface area (Å²) in [7, 11) is 0. The van der Waals surface area contributed by atoms with E-state index in [0.29, 0.717) is 22.3 Å². The SMILES string of the molecule is O=c1[nH]c2ncc(-c3cccc(C(F)(F)F)c3)cc2n1C[C@H](O)C1CC1. The van der Waals surface area contributed by atoms with Gasteiger partial charge >= 0.3 is 11.9 Å². The molecule has 0 amide bonds. The van der Waals surface area contributed by atoms with E-state index in [4.69, 9.17) is 0 Å². The number of alkyl halides is 3. The minimum atomic E-state index is -4.43. The molecule has 0 saturated heterocycles. The number of rotatable bonds is 4. The van der Waals surface area contributed by atoms with Crippen LogP contribution in [0.1, 0.15) is 18.4 Å². The number of H-pyrrole nitrogens is 1. The number of benzene rings is 1. The molecule has 0 radical (unpaired) electrons. The molecule has 0 aliphatic heterocycles. The number of hydrogen-bond donors (Lipinski definition) is 2. The van der Waals surface area contributed by atoms with Gasteiger partial charge in [-0.15, -0.1) is 0 Å². The largest absolute Gasteiger partial charge is 0.416 e. The Morgan fingerprint density at radius 3 is 2.73 bits per heavy atom. The van der Waals surface area contributed by atoms with Gasteiger partial charge in [0.05, 0.1) is 23.7 Å². The molecular weight excluding hydrogens is 347 g/mol. The molecule has 136 valence electrons. The van der Waals surface area contributed by atoms with Crippen molar-refractivity contribution < 1.29 is 18.3 Å². The number of nitrogens with one attached hydrogen (secondary N) is 1. The molecule has 5 nitrogen and oxygen atoms in total. The molecule has 26 heavy (non-hydrogen) atoms. The predicted molar refractivity (Wildman–Crippen MR) is 89.5 cm³/mol. The zero-order chi connectivity index (χ0) is 18.5. The Hall–Kier alpha value is -2.61. The maximum atomic E-state index is 12.9. The first-order chi connectivity index (χ1) is 12.3. The second-order valence-corrected chi connectivity index (χ2v) is 6.62. The van der Waals surface area contributed by atoms with Crippen LogP contribution in [0.4, 0.5) is 13.2 Å². The fourth-order valence-corrected chi connectivity index (χ4v) is 3.06. The third-order valence-electron chi connectivity index (χ3n) is 4.69. The van der Waals surface area contributed by atoms with Crippen LogP contribution in [0.5, 0.6) is 0 Å². The van der Waals surface area contributed by atoms with Crippen molar-refractivity contribution in [1.82, 2.24) is 14.5 Å². The summed E-state index contributed by atoms with van der Waals surface area (Å²) < 4.78 is 40.2. The average molecular weight is 363 g/mol. The minimum Gasteiger partial charge on any atom is -0.391 e. The molecule has 1 fully saturated rings. The summed E-state index contributed by atoms with van der Waals surface area (Å²) in [5.74, 6) is 0.200. The van der Waals surface area contributed by atoms with Crippen LogP contribution in [0.3, 0.4) is 0 Å². The molecule has 1 aliphatic carbocycles. The highest BCUT2D eigenvalue weighted by Gasteiger charge is 2.31. The van der Waals surface area contributed by atoms with Crippen LogP contribution in [0.25, 0.3) is 22.3 Å². The summed E-state index contributed by atoms with van der Waals surface area (Å²) in [4.78, 5) is 18.9. The summed E-state index contributed by atoms with van der Waals surface area (Å²) in [6.45, 7) is 0.136. The maximum absolute atomic E-state index is 12.9. The molecule has 2 N–H and O–H groups in total. The van der Waals surface area contributed by atoms with Crippen LogP contribution in [-0.2, 0) is 12.7 Å². The van der Waals surface area contributed by atoms with Gasteiger partial charge in [0, 0.05) is 11.8 Å². The lowest BCUT2D eigenvalue weighted by Gasteiger charge is -2.11. The van der Waals surface area contributed by atoms with Gasteiger partial charge in [0.25, 0.3) is 0 Å². The Morgan fingerprint density at radius 2 is 2.04 bits per heavy atom. The third kappa shape index (κ3) is 3.12. The van der Waals surface area contributed by atoms with Gasteiger partial charge in [0.15, 0.2) is 5.65 Å². The second kappa shape index (κ2) is 5.98. The van der Waals surface area contributed by atoms with Crippen molar-refractivity contribution in [2.45, 2.75) is 31.7 Å². The minimum absolute atomic E-state index is 0.136. The van der Waals surface area contributed by atoms with Crippen LogP contribution < -0.4 is 5.69 Å². The molecule has 1 aliphatic rings. The topological polar surface area (TPSA) is 70.9 Å². The molecule has 0 bridgehead atoms. The molecule has 2 heterocycles. The van der Waals surface area contributed by atoms with Crippen LogP contribution in [0.2, 0.25) is 0 Å². The van der Waals surface area contributed by atoms with Crippen molar-refractivity contribution in [3.8, 4) is 11.1 Å². The highest BCUT2D eigenvalue weighted by atomic mass is 19.4. The number of hydrogen-bond acceptors (Lipinski definition) is 3. The molecule has 1 aromatic carbocycles. The Bertz CT molecular complexity index is 1020. The highest BCUT2D eigenvalue weighted by molar-refractivity contribution is 5.78. The number of halogens is 3. The van der Waals surface area contributed by atoms with Gasteiger partial charge in [-0.05, 0) is 42.5 Å². The molecule has 0 spiro atoms. The van der Waals surface area contributed by atoms with E-state index >= 15 is 0 Å². The summed E-state index contributed by atoms with van der Waals surface area (Å²) in [5.41, 5.74) is 0.492. The summed E-state index contributed by atoms with van der Waals surface area (Å²) in [5, 5.41) is 10.1. The highest BCUT2D eigenvalue weighted by Crippen LogP contribution is 2.34. The lowest BCUT2D eigenvalue weighted by molar-refractivity contribution is -0.137. The summed E-state index contributed by atoms with van der Waals surface area (Å²) >= 11 is 0. The predicted octanol–water partition coefficient (Wildman–Crippen LogP) is 3.18. The second-order valence-electron chi connectivity index (χ2n) is 6.62. The van der Waals surface area contributed by atoms with Gasteiger partial charge in [0.1, 0.15) is 0 Å². The number of pyridine rings is 1. The van der Waals surface area contributed by atoms with E-state index in [1.165, 1.54) is 16.8 Å². The molecule has 1 saturated carbocycles. The van der Waals surface area contributed by atoms with Gasteiger partial charge in [0.2, 0.25) is 0 Å². The Kier molecular flexibility index (Phi) is 3.87. The molecular formula is C18H16F3N3O2. The van der Waals surface area contributed by atoms with Crippen molar-refractivity contribution in [3.05, 3.63) is 52.6 Å². The molecule has 4 rings (SSSR count). The maximum Gasteiger partial charge on any atom is 0.416 e. The van der Waals surface area contributed by atoms with Gasteiger partial charge < -0.3 is 5.11 Å². The first-order valence-electron chi connectivity index (χ1n) is 8.27. The first-order valence-corrected chi connectivity index (χ1v) is 8.27. The smallest absolute Gasteiger partial charge is 0.391 e. The quantitative estimate of drug-likeness (QED) is 0.748. The number of aromatic nitrogens is 3. The van der Waals surface area contributed by atoms with Crippen LogP contribution in [0.15, 0.2) is 41.3 Å². The van der Waals surface area contributed by atoms with E-state index in [0.717, 1.165) is 25.0 Å². The van der Waals surface area contributed by atoms with Gasteiger partial charge in [-0.1, -0.05) is 12.1 Å². The summed E-state index contributed by atoms with van der Waals surface area (Å²) in [6, 6.07) is 6.58. The number of fused-ring (bicyclic) bond motifs is 1. The fourth-order valence-electron chi connectivity index (χ4n) is 3.06. The average Bonchev–Trinajstić information content (AvgIpc) is 3.40. The number of aromatic amines is 1. The van der Waals surface area contributed by atoms with Crippen LogP contribution >= 0.6 is 0 Å². The van der Waals surface area contributed by atoms with E-state index in [-0.39, 0.29) is 12.5 Å². The Balaban J connectivity index is 1.76. The lowest BCUT2D eigenvalue weighted by Crippen LogP contribution is -2.25. The van der Waals surface area contributed by atoms with E-state index in [9.17, 15) is 23.1 Å². The van der Waals surface area contributed by atoms with Crippen molar-refractivity contribution in [3.63, 3.8) is 0 Å². The van der Waals surface area contributed by atoms with Crippen LogP contribution in [0, 0.1) is 5.92 Å². The zero-order valence-electron chi connectivity index (χ0n) is 13.6. The van der Waals surface area contributed by atoms with Gasteiger partial charge in [-0.2, -0.15) is 13.2 Å². The van der Waals surface area contributed by atoms with Crippen LogP contribution in [-0.4, -0.2) is 25.7 Å². The van der Waals surface area contributed by atoms with E-state index in [2.05, 4.69) is 9.97 Å². The number of imidazole rings is 1. The van der Waals surface area contributed by atoms with Crippen molar-refractivity contribution >= 4 is 11.2 Å². The normalized spacial score (nSPS) is 16.2. The standard InChI is InChI=1S/C18H16F3N3O2/c19-18(20,21)13-3-1-2-11(6-13)12-7-14-16(22-8-12)23-17(26)24(14)9-15(25)10-4-5-10/h1-3,6-8,10,15,25H,4-5,9H2,(H,22,23,26)/t15-/m0/s1. The number of nitrogens with zero attached hydrogens (tertiary/aromatic N) is 2. The molecule has 1 atom stereocenters. The molecule has 8 heteroatoms. The number of aliphatic hydroxyl groups excluding tert-OH is 1. The Morgan fingerprint density at radius 1 is 1.27 bits per heavy atom. The van der Waals surface area contributed by atoms with Crippen molar-refractivity contribution in [2.75, 3.05) is 0 Å². The molecule has 0 unspecified atom stereocenters. The zero-order valence-corrected chi connectivity index (χ0v) is 13.6. The fraction of sp³-hybridized carbons (Fsp3) is 0.333. The Labute approximate surface area is 146 Å². The summed E-state index contributed by atoms with van der Waals surface area (Å²) in [6.07, 6.45) is -1.75. The van der Waals surface area contributed by atoms with E-state index in [1.54, 1.807) is 12.1 Å². The molecule has 2 aromatic heterocycles. The molecule has 3 aromatic rings. The first kappa shape index (κ1) is 16.8. The van der Waals surface area contributed by atoms with Gasteiger partial charge in [-0.25, -0.2) is 9.78 Å². The monoisotopic (exact) mass is 363 g/mol. The third-order valence-corrected chi connectivity index (χ3v) is 4.69. The number of aliphatic hydroxyl groups is 1. The lowest BCUT2D eigenvalue weighted by atomic mass is 10.0. The van der Waals surface area contributed by atoms with Crippen molar-refractivity contribution in [1.29, 1.82) is 0 Å². The van der Waals surface area contributed by atoms with Gasteiger partial charge in [-0.3, -0.25) is 9.55 Å². The van der Waals surface area contributed by atoms with Crippen molar-refractivity contribution in [2.24, 2.45) is 5.92 Å². The van der Waals surface area contributed by atoms with E-state index < -0.39 is 23.5 Å².